The summed E-state index contributed by atoms with van der Waals surface area (Å²) < 4.78 is 2.25. The lowest BCUT2D eigenvalue weighted by Crippen LogP contribution is -1.97. The van der Waals surface area contributed by atoms with Crippen LogP contribution in [0.15, 0.2) is 188 Å². The van der Waals surface area contributed by atoms with Gasteiger partial charge in [-0.15, -0.1) is 0 Å². The summed E-state index contributed by atoms with van der Waals surface area (Å²) in [6, 6.07) is 66.9. The summed E-state index contributed by atoms with van der Waals surface area (Å²) in [7, 11) is 0. The van der Waals surface area contributed by atoms with Gasteiger partial charge >= 0.3 is 0 Å². The molecule has 0 N–H and O–H groups in total. The molecule has 0 unspecified atom stereocenters. The maximum absolute atomic E-state index is 5.24. The third-order valence-electron chi connectivity index (χ3n) is 9.97. The Morgan fingerprint density at radius 1 is 0.353 bits per heavy atom. The van der Waals surface area contributed by atoms with Crippen LogP contribution < -0.4 is 0 Å². The van der Waals surface area contributed by atoms with Gasteiger partial charge < -0.3 is 0 Å². The van der Waals surface area contributed by atoms with E-state index in [1.54, 1.807) is 0 Å². The van der Waals surface area contributed by atoms with Gasteiger partial charge in [0.05, 0.1) is 22.2 Å². The van der Waals surface area contributed by atoms with Crippen molar-refractivity contribution in [2.75, 3.05) is 0 Å². The Morgan fingerprint density at radius 2 is 0.922 bits per heavy atom. The zero-order valence-electron chi connectivity index (χ0n) is 27.7. The molecule has 0 saturated carbocycles. The molecule has 8 aromatic carbocycles. The zero-order valence-corrected chi connectivity index (χ0v) is 27.7. The lowest BCUT2D eigenvalue weighted by molar-refractivity contribution is 1.10. The third kappa shape index (κ3) is 5.15. The lowest BCUT2D eigenvalue weighted by Gasteiger charge is -2.14. The fourth-order valence-corrected chi connectivity index (χ4v) is 7.37. The van der Waals surface area contributed by atoms with Crippen molar-refractivity contribution < 1.29 is 0 Å². The first kappa shape index (κ1) is 29.1. The topological polar surface area (TPSA) is 30.7 Å². The van der Waals surface area contributed by atoms with E-state index >= 15 is 0 Å². The SMILES string of the molecule is c1ccc(-n2c(-c3ccc(-c4cc(-c5ccc6ccccc6c5)nc5ccc(-c6ccc7ccccc7c6)cc45)cc3)nc3ccccc32)cc1. The molecule has 0 aliphatic rings. The van der Waals surface area contributed by atoms with E-state index in [4.69, 9.17) is 9.97 Å². The van der Waals surface area contributed by atoms with Gasteiger partial charge in [-0.05, 0) is 98.4 Å². The van der Waals surface area contributed by atoms with Gasteiger partial charge in [0.15, 0.2) is 0 Å². The Labute approximate surface area is 295 Å². The predicted octanol–water partition coefficient (Wildman–Crippen LogP) is 12.5. The zero-order chi connectivity index (χ0) is 33.7. The van der Waals surface area contributed by atoms with Gasteiger partial charge in [0, 0.05) is 22.2 Å². The quantitative estimate of drug-likeness (QED) is 0.186. The molecule has 10 aromatic rings. The first-order chi connectivity index (χ1) is 25.2. The number of imidazole rings is 1. The molecule has 10 rings (SSSR count). The molecule has 0 bridgehead atoms. The number of nitrogens with zero attached hydrogens (tertiary/aromatic N) is 3. The highest BCUT2D eigenvalue weighted by molar-refractivity contribution is 6.00. The van der Waals surface area contributed by atoms with Crippen molar-refractivity contribution in [1.82, 2.24) is 14.5 Å². The number of para-hydroxylation sites is 3. The minimum Gasteiger partial charge on any atom is -0.292 e. The fourth-order valence-electron chi connectivity index (χ4n) is 7.37. The van der Waals surface area contributed by atoms with Crippen molar-refractivity contribution in [3.8, 4) is 50.6 Å². The molecule has 0 saturated heterocycles. The molecular formula is C48H31N3. The standard InChI is InChI=1S/C48H31N3/c1-2-14-41(15-3-1)51-47-17-9-8-16-45(47)50-48(51)35-22-20-34(21-23-35)42-31-46(40-25-19-33-11-5-7-13-37(33)29-40)49-44-27-26-39(30-43(42)44)38-24-18-32-10-4-6-12-36(32)28-38/h1-31H. The fraction of sp³-hybridized carbons (Fsp3) is 0. The molecule has 3 heteroatoms. The Bertz CT molecular complexity index is 2900. The molecule has 0 spiro atoms. The van der Waals surface area contributed by atoms with Crippen LogP contribution in [0.25, 0.3) is 94.1 Å². The average Bonchev–Trinajstić information content (AvgIpc) is 3.60. The molecule has 0 amide bonds. The molecule has 3 nitrogen and oxygen atoms in total. The van der Waals surface area contributed by atoms with Crippen LogP contribution in [-0.4, -0.2) is 14.5 Å². The summed E-state index contributed by atoms with van der Waals surface area (Å²) in [4.78, 5) is 10.4. The predicted molar refractivity (Wildman–Crippen MR) is 213 cm³/mol. The second-order valence-electron chi connectivity index (χ2n) is 13.1. The summed E-state index contributed by atoms with van der Waals surface area (Å²) in [5.74, 6) is 0.920. The maximum Gasteiger partial charge on any atom is 0.145 e. The number of benzene rings is 8. The summed E-state index contributed by atoms with van der Waals surface area (Å²) in [5.41, 5.74) is 11.9. The van der Waals surface area contributed by atoms with Crippen molar-refractivity contribution in [1.29, 1.82) is 0 Å². The van der Waals surface area contributed by atoms with Crippen LogP contribution in [0.2, 0.25) is 0 Å². The summed E-state index contributed by atoms with van der Waals surface area (Å²) in [5, 5.41) is 6.02. The largest absolute Gasteiger partial charge is 0.292 e. The average molecular weight is 650 g/mol. The second-order valence-corrected chi connectivity index (χ2v) is 13.1. The van der Waals surface area contributed by atoms with E-state index < -0.39 is 0 Å². The van der Waals surface area contributed by atoms with Gasteiger partial charge in [0.2, 0.25) is 0 Å². The number of hydrogen-bond donors (Lipinski definition) is 0. The monoisotopic (exact) mass is 649 g/mol. The van der Waals surface area contributed by atoms with Crippen LogP contribution >= 0.6 is 0 Å². The van der Waals surface area contributed by atoms with Crippen LogP contribution in [0.3, 0.4) is 0 Å². The Balaban J connectivity index is 1.14. The number of fused-ring (bicyclic) bond motifs is 4. The van der Waals surface area contributed by atoms with E-state index in [0.717, 1.165) is 61.4 Å². The molecular weight excluding hydrogens is 619 g/mol. The number of pyridine rings is 1. The van der Waals surface area contributed by atoms with Gasteiger partial charge in [-0.3, -0.25) is 4.57 Å². The van der Waals surface area contributed by atoms with Crippen LogP contribution in [0.4, 0.5) is 0 Å². The van der Waals surface area contributed by atoms with E-state index in [2.05, 4.69) is 180 Å². The molecule has 0 atom stereocenters. The molecule has 238 valence electrons. The van der Waals surface area contributed by atoms with Crippen LogP contribution in [0, 0.1) is 0 Å². The molecule has 0 aliphatic heterocycles. The highest BCUT2D eigenvalue weighted by Crippen LogP contribution is 2.37. The maximum atomic E-state index is 5.24. The first-order valence-electron chi connectivity index (χ1n) is 17.3. The number of aromatic nitrogens is 3. The van der Waals surface area contributed by atoms with Gasteiger partial charge in [-0.25, -0.2) is 9.97 Å². The summed E-state index contributed by atoms with van der Waals surface area (Å²) in [6.45, 7) is 0. The highest BCUT2D eigenvalue weighted by atomic mass is 15.1. The van der Waals surface area contributed by atoms with Gasteiger partial charge in [-0.2, -0.15) is 0 Å². The smallest absolute Gasteiger partial charge is 0.145 e. The van der Waals surface area contributed by atoms with Crippen molar-refractivity contribution in [2.24, 2.45) is 0 Å². The van der Waals surface area contributed by atoms with E-state index in [1.165, 1.54) is 32.7 Å². The van der Waals surface area contributed by atoms with Crippen molar-refractivity contribution in [3.05, 3.63) is 188 Å². The van der Waals surface area contributed by atoms with Gasteiger partial charge in [0.1, 0.15) is 5.82 Å². The van der Waals surface area contributed by atoms with Crippen molar-refractivity contribution in [2.45, 2.75) is 0 Å². The van der Waals surface area contributed by atoms with E-state index in [9.17, 15) is 0 Å². The molecule has 0 aliphatic carbocycles. The Morgan fingerprint density at radius 3 is 1.69 bits per heavy atom. The number of hydrogen-bond acceptors (Lipinski definition) is 2. The lowest BCUT2D eigenvalue weighted by atomic mass is 9.94. The Hall–Kier alpha value is -6.84. The summed E-state index contributed by atoms with van der Waals surface area (Å²) in [6.07, 6.45) is 0. The minimum atomic E-state index is 0.920. The van der Waals surface area contributed by atoms with Crippen LogP contribution in [0.1, 0.15) is 0 Å². The van der Waals surface area contributed by atoms with E-state index in [1.807, 2.05) is 12.1 Å². The number of rotatable bonds is 5. The Kier molecular flexibility index (Phi) is 6.81. The first-order valence-corrected chi connectivity index (χ1v) is 17.3. The highest BCUT2D eigenvalue weighted by Gasteiger charge is 2.16. The summed E-state index contributed by atoms with van der Waals surface area (Å²) >= 11 is 0. The van der Waals surface area contributed by atoms with Crippen LogP contribution in [0.5, 0.6) is 0 Å². The van der Waals surface area contributed by atoms with Crippen LogP contribution in [-0.2, 0) is 0 Å². The molecule has 51 heavy (non-hydrogen) atoms. The van der Waals surface area contributed by atoms with Gasteiger partial charge in [0.25, 0.3) is 0 Å². The third-order valence-corrected chi connectivity index (χ3v) is 9.97. The van der Waals surface area contributed by atoms with E-state index in [0.29, 0.717) is 0 Å². The second kappa shape index (κ2) is 11.9. The van der Waals surface area contributed by atoms with Crippen molar-refractivity contribution in [3.63, 3.8) is 0 Å². The normalized spacial score (nSPS) is 11.5. The van der Waals surface area contributed by atoms with E-state index in [-0.39, 0.29) is 0 Å². The minimum absolute atomic E-state index is 0.920. The molecule has 2 heterocycles. The molecule has 0 radical (unpaired) electrons. The van der Waals surface area contributed by atoms with Crippen molar-refractivity contribution >= 4 is 43.5 Å². The van der Waals surface area contributed by atoms with Gasteiger partial charge in [-0.1, -0.05) is 133 Å². The molecule has 2 aromatic heterocycles. The molecule has 0 fully saturated rings.